The average Bonchev–Trinajstić information content (AvgIpc) is 2.55. The van der Waals surface area contributed by atoms with Gasteiger partial charge in [0.05, 0.1) is 4.90 Å². The minimum absolute atomic E-state index is 0.0830. The highest BCUT2D eigenvalue weighted by atomic mass is 32.2. The molecule has 2 heterocycles. The van der Waals surface area contributed by atoms with Crippen molar-refractivity contribution in [1.82, 2.24) is 9.62 Å². The molecule has 3 rings (SSSR count). The molecule has 1 unspecified atom stereocenters. The zero-order chi connectivity index (χ0) is 17.2. The van der Waals surface area contributed by atoms with Crippen molar-refractivity contribution in [2.75, 3.05) is 31.5 Å². The molecule has 0 aliphatic carbocycles. The van der Waals surface area contributed by atoms with Crippen molar-refractivity contribution in [2.45, 2.75) is 37.5 Å². The predicted octanol–water partition coefficient (Wildman–Crippen LogP) is 1.80. The van der Waals surface area contributed by atoms with Crippen molar-refractivity contribution in [3.8, 4) is 0 Å². The minimum atomic E-state index is -3.49. The molecule has 2 N–H and O–H groups in total. The largest absolute Gasteiger partial charge is 0.326 e. The van der Waals surface area contributed by atoms with Gasteiger partial charge < -0.3 is 10.6 Å². The molecule has 2 aliphatic heterocycles. The van der Waals surface area contributed by atoms with Gasteiger partial charge in [-0.2, -0.15) is 4.31 Å². The lowest BCUT2D eigenvalue weighted by molar-refractivity contribution is -0.114. The van der Waals surface area contributed by atoms with Gasteiger partial charge in [-0.25, -0.2) is 8.42 Å². The van der Waals surface area contributed by atoms with Gasteiger partial charge in [0.15, 0.2) is 0 Å². The van der Waals surface area contributed by atoms with Gasteiger partial charge in [0.25, 0.3) is 0 Å². The van der Waals surface area contributed by atoms with E-state index in [0.29, 0.717) is 18.8 Å². The summed E-state index contributed by atoms with van der Waals surface area (Å²) < 4.78 is 27.6. The number of hydrogen-bond donors (Lipinski definition) is 2. The van der Waals surface area contributed by atoms with Gasteiger partial charge >= 0.3 is 0 Å². The van der Waals surface area contributed by atoms with E-state index in [9.17, 15) is 13.2 Å². The molecule has 2 aliphatic rings. The zero-order valence-corrected chi connectivity index (χ0v) is 14.9. The van der Waals surface area contributed by atoms with Crippen LogP contribution in [0, 0.1) is 5.41 Å². The number of sulfonamides is 1. The lowest BCUT2D eigenvalue weighted by Gasteiger charge is -2.44. The van der Waals surface area contributed by atoms with E-state index < -0.39 is 10.0 Å². The van der Waals surface area contributed by atoms with Gasteiger partial charge in [-0.05, 0) is 61.9 Å². The maximum absolute atomic E-state index is 13.0. The summed E-state index contributed by atoms with van der Waals surface area (Å²) in [4.78, 5) is 11.4. The molecule has 132 valence electrons. The SMILES string of the molecule is CC(=O)Nc1ccc(S(=O)(=O)N2CCCC3(CCCNC3)C2)cc1. The number of carbonyl (C=O) groups excluding carboxylic acids is 1. The van der Waals surface area contributed by atoms with Crippen LogP contribution >= 0.6 is 0 Å². The van der Waals surface area contributed by atoms with Crippen LogP contribution < -0.4 is 10.6 Å². The Labute approximate surface area is 143 Å². The van der Waals surface area contributed by atoms with Crippen molar-refractivity contribution in [3.05, 3.63) is 24.3 Å². The van der Waals surface area contributed by atoms with Crippen LogP contribution in [0.1, 0.15) is 32.6 Å². The second kappa shape index (κ2) is 6.82. The Bertz CT molecular complexity index is 689. The number of hydrogen-bond acceptors (Lipinski definition) is 4. The number of nitrogens with zero attached hydrogens (tertiary/aromatic N) is 1. The molecule has 1 aromatic carbocycles. The Balaban J connectivity index is 1.78. The molecule has 6 nitrogen and oxygen atoms in total. The van der Waals surface area contributed by atoms with E-state index in [4.69, 9.17) is 0 Å². The summed E-state index contributed by atoms with van der Waals surface area (Å²) in [6.45, 7) is 4.53. The number of benzene rings is 1. The number of piperidine rings is 2. The Morgan fingerprint density at radius 3 is 2.54 bits per heavy atom. The van der Waals surface area contributed by atoms with Gasteiger partial charge in [0.1, 0.15) is 0 Å². The van der Waals surface area contributed by atoms with Crippen LogP contribution in [0.15, 0.2) is 29.2 Å². The van der Waals surface area contributed by atoms with Crippen LogP contribution in [0.25, 0.3) is 0 Å². The standard InChI is InChI=1S/C17H25N3O3S/c1-14(21)19-15-4-6-16(7-5-15)24(22,23)20-11-3-9-17(13-20)8-2-10-18-12-17/h4-7,18H,2-3,8-13H2,1H3,(H,19,21). The van der Waals surface area contributed by atoms with Crippen LogP contribution in [0.2, 0.25) is 0 Å². The summed E-state index contributed by atoms with van der Waals surface area (Å²) >= 11 is 0. The summed E-state index contributed by atoms with van der Waals surface area (Å²) in [6, 6.07) is 6.41. The molecule has 1 aromatic rings. The second-order valence-corrected chi connectivity index (χ2v) is 8.87. The van der Waals surface area contributed by atoms with E-state index in [-0.39, 0.29) is 16.2 Å². The Morgan fingerprint density at radius 1 is 1.21 bits per heavy atom. The van der Waals surface area contributed by atoms with E-state index in [1.165, 1.54) is 6.92 Å². The highest BCUT2D eigenvalue weighted by molar-refractivity contribution is 7.89. The number of nitrogens with one attached hydrogen (secondary N) is 2. The predicted molar refractivity (Wildman–Crippen MR) is 93.3 cm³/mol. The number of anilines is 1. The minimum Gasteiger partial charge on any atom is -0.326 e. The first-order chi connectivity index (χ1) is 11.4. The fraction of sp³-hybridized carbons (Fsp3) is 0.588. The molecule has 1 amide bonds. The molecule has 0 bridgehead atoms. The van der Waals surface area contributed by atoms with Gasteiger partial charge in [-0.3, -0.25) is 4.79 Å². The van der Waals surface area contributed by atoms with Gasteiger partial charge in [0.2, 0.25) is 15.9 Å². The second-order valence-electron chi connectivity index (χ2n) is 6.93. The molecule has 24 heavy (non-hydrogen) atoms. The summed E-state index contributed by atoms with van der Waals surface area (Å²) in [5.41, 5.74) is 0.688. The van der Waals surface area contributed by atoms with Crippen molar-refractivity contribution >= 4 is 21.6 Å². The van der Waals surface area contributed by atoms with E-state index in [0.717, 1.165) is 38.8 Å². The van der Waals surface area contributed by atoms with Crippen molar-refractivity contribution in [1.29, 1.82) is 0 Å². The molecule has 0 aromatic heterocycles. The molecule has 2 fully saturated rings. The van der Waals surface area contributed by atoms with Gasteiger partial charge in [-0.15, -0.1) is 0 Å². The fourth-order valence-corrected chi connectivity index (χ4v) is 5.40. The summed E-state index contributed by atoms with van der Waals surface area (Å²) in [7, 11) is -3.49. The third-order valence-electron chi connectivity index (χ3n) is 5.00. The maximum atomic E-state index is 13.0. The first-order valence-corrected chi connectivity index (χ1v) is 9.94. The quantitative estimate of drug-likeness (QED) is 0.870. The third-order valence-corrected chi connectivity index (χ3v) is 6.86. The molecule has 0 saturated carbocycles. The van der Waals surface area contributed by atoms with Crippen LogP contribution in [-0.4, -0.2) is 44.8 Å². The zero-order valence-electron chi connectivity index (χ0n) is 14.0. The van der Waals surface area contributed by atoms with E-state index in [1.54, 1.807) is 28.6 Å². The van der Waals surface area contributed by atoms with Gasteiger partial charge in [0, 0.05) is 32.2 Å². The van der Waals surface area contributed by atoms with Crippen LogP contribution in [0.3, 0.4) is 0 Å². The fourth-order valence-electron chi connectivity index (χ4n) is 3.81. The molecule has 1 atom stereocenters. The van der Waals surface area contributed by atoms with Crippen LogP contribution in [0.4, 0.5) is 5.69 Å². The first kappa shape index (κ1) is 17.4. The summed E-state index contributed by atoms with van der Waals surface area (Å²) in [6.07, 6.45) is 4.20. The Kier molecular flexibility index (Phi) is 4.94. The highest BCUT2D eigenvalue weighted by Crippen LogP contribution is 2.37. The summed E-state index contributed by atoms with van der Waals surface area (Å²) in [5.74, 6) is -0.173. The molecule has 1 spiro atoms. The topological polar surface area (TPSA) is 78.5 Å². The maximum Gasteiger partial charge on any atom is 0.243 e. The molecular weight excluding hydrogens is 326 g/mol. The van der Waals surface area contributed by atoms with Crippen molar-refractivity contribution in [2.24, 2.45) is 5.41 Å². The molecule has 2 saturated heterocycles. The van der Waals surface area contributed by atoms with E-state index >= 15 is 0 Å². The van der Waals surface area contributed by atoms with E-state index in [2.05, 4.69) is 10.6 Å². The van der Waals surface area contributed by atoms with Crippen LogP contribution in [0.5, 0.6) is 0 Å². The normalized spacial score (nSPS) is 25.5. The number of carbonyl (C=O) groups is 1. The summed E-state index contributed by atoms with van der Waals surface area (Å²) in [5, 5.41) is 6.07. The van der Waals surface area contributed by atoms with Gasteiger partial charge in [-0.1, -0.05) is 0 Å². The third kappa shape index (κ3) is 3.63. The molecular formula is C17H25N3O3S. The Hall–Kier alpha value is -1.44. The highest BCUT2D eigenvalue weighted by Gasteiger charge is 2.40. The molecule has 7 heteroatoms. The van der Waals surface area contributed by atoms with Crippen LogP contribution in [-0.2, 0) is 14.8 Å². The average molecular weight is 351 g/mol. The van der Waals surface area contributed by atoms with Crippen molar-refractivity contribution in [3.63, 3.8) is 0 Å². The van der Waals surface area contributed by atoms with Crippen molar-refractivity contribution < 1.29 is 13.2 Å². The lowest BCUT2D eigenvalue weighted by Crippen LogP contribution is -2.52. The monoisotopic (exact) mass is 351 g/mol. The number of rotatable bonds is 3. The first-order valence-electron chi connectivity index (χ1n) is 8.50. The van der Waals surface area contributed by atoms with E-state index in [1.807, 2.05) is 0 Å². The smallest absolute Gasteiger partial charge is 0.243 e. The lowest BCUT2D eigenvalue weighted by atomic mass is 9.75. The Morgan fingerprint density at radius 2 is 1.92 bits per heavy atom. The number of amides is 1. The molecule has 0 radical (unpaired) electrons.